The second-order valence-corrected chi connectivity index (χ2v) is 6.15. The molecule has 0 saturated heterocycles. The minimum Gasteiger partial charge on any atom is -0.507 e. The maximum atomic E-state index is 12.9. The Morgan fingerprint density at radius 1 is 1.40 bits per heavy atom. The number of thiophene rings is 1. The monoisotopic (exact) mass is 293 g/mol. The van der Waals surface area contributed by atoms with Crippen LogP contribution in [0, 0.1) is 5.82 Å². The van der Waals surface area contributed by atoms with E-state index in [1.54, 1.807) is 11.3 Å². The second-order valence-electron chi connectivity index (χ2n) is 5.21. The Bertz CT molecular complexity index is 608. The number of benzene rings is 1. The minimum absolute atomic E-state index is 0.0772. The predicted molar refractivity (Wildman–Crippen MR) is 77.7 cm³/mol. The number of rotatable bonds is 4. The van der Waals surface area contributed by atoms with Gasteiger partial charge in [0, 0.05) is 22.9 Å². The molecule has 1 amide bonds. The van der Waals surface area contributed by atoms with Gasteiger partial charge in [-0.1, -0.05) is 19.9 Å². The number of hydrogen-bond acceptors (Lipinski definition) is 3. The first-order chi connectivity index (χ1) is 9.40. The van der Waals surface area contributed by atoms with Gasteiger partial charge in [0.2, 0.25) is 0 Å². The van der Waals surface area contributed by atoms with E-state index in [0.29, 0.717) is 6.54 Å². The molecule has 1 aromatic carbocycles. The summed E-state index contributed by atoms with van der Waals surface area (Å²) in [6.07, 6.45) is 0. The van der Waals surface area contributed by atoms with Gasteiger partial charge in [0.15, 0.2) is 0 Å². The predicted octanol–water partition coefficient (Wildman–Crippen LogP) is 3.30. The molecule has 0 atom stereocenters. The molecule has 20 heavy (non-hydrogen) atoms. The number of halogens is 1. The average Bonchev–Trinajstić information content (AvgIpc) is 2.90. The molecule has 0 aliphatic rings. The van der Waals surface area contributed by atoms with E-state index < -0.39 is 11.7 Å². The molecule has 3 nitrogen and oxygen atoms in total. The topological polar surface area (TPSA) is 49.3 Å². The Morgan fingerprint density at radius 2 is 2.15 bits per heavy atom. The molecule has 0 fully saturated rings. The van der Waals surface area contributed by atoms with E-state index in [1.807, 2.05) is 31.4 Å². The number of nitrogens with one attached hydrogen (secondary N) is 1. The first-order valence-electron chi connectivity index (χ1n) is 6.21. The second kappa shape index (κ2) is 5.63. The van der Waals surface area contributed by atoms with Crippen LogP contribution in [0.1, 0.15) is 29.1 Å². The van der Waals surface area contributed by atoms with Crippen molar-refractivity contribution in [1.29, 1.82) is 0 Å². The van der Waals surface area contributed by atoms with Crippen molar-refractivity contribution in [1.82, 2.24) is 5.32 Å². The van der Waals surface area contributed by atoms with Crippen LogP contribution >= 0.6 is 11.3 Å². The first-order valence-corrected chi connectivity index (χ1v) is 7.09. The normalized spacial score (nSPS) is 11.3. The van der Waals surface area contributed by atoms with E-state index in [1.165, 1.54) is 10.9 Å². The lowest BCUT2D eigenvalue weighted by atomic mass is 9.91. The van der Waals surface area contributed by atoms with Crippen LogP contribution in [0.3, 0.4) is 0 Å². The van der Waals surface area contributed by atoms with Gasteiger partial charge in [-0.2, -0.15) is 0 Å². The van der Waals surface area contributed by atoms with Crippen molar-refractivity contribution < 1.29 is 14.3 Å². The zero-order chi connectivity index (χ0) is 14.8. The number of amides is 1. The van der Waals surface area contributed by atoms with E-state index >= 15 is 0 Å². The van der Waals surface area contributed by atoms with Crippen molar-refractivity contribution in [2.45, 2.75) is 19.3 Å². The molecule has 0 saturated carbocycles. The average molecular weight is 293 g/mol. The summed E-state index contributed by atoms with van der Waals surface area (Å²) in [6, 6.07) is 7.35. The molecule has 0 radical (unpaired) electrons. The summed E-state index contributed by atoms with van der Waals surface area (Å²) >= 11 is 1.63. The minimum atomic E-state index is -0.571. The summed E-state index contributed by atoms with van der Waals surface area (Å²) in [5.41, 5.74) is -0.118. The fraction of sp³-hybridized carbons (Fsp3) is 0.267. The van der Waals surface area contributed by atoms with Gasteiger partial charge >= 0.3 is 0 Å². The molecule has 0 unspecified atom stereocenters. The molecule has 0 bridgehead atoms. The molecule has 5 heteroatoms. The molecular weight excluding hydrogens is 277 g/mol. The molecule has 0 spiro atoms. The molecule has 106 valence electrons. The Kier molecular flexibility index (Phi) is 4.09. The summed E-state index contributed by atoms with van der Waals surface area (Å²) < 4.78 is 12.9. The highest BCUT2D eigenvalue weighted by Gasteiger charge is 2.23. The summed E-state index contributed by atoms with van der Waals surface area (Å²) in [7, 11) is 0. The van der Waals surface area contributed by atoms with Crippen LogP contribution in [0.25, 0.3) is 0 Å². The number of carbonyl (C=O) groups is 1. The van der Waals surface area contributed by atoms with Gasteiger partial charge in [-0.15, -0.1) is 11.3 Å². The largest absolute Gasteiger partial charge is 0.507 e. The van der Waals surface area contributed by atoms with Crippen molar-refractivity contribution >= 4 is 17.2 Å². The van der Waals surface area contributed by atoms with Crippen LogP contribution in [-0.2, 0) is 5.41 Å². The zero-order valence-corrected chi connectivity index (χ0v) is 12.1. The van der Waals surface area contributed by atoms with Crippen molar-refractivity contribution in [3.8, 4) is 5.75 Å². The molecule has 0 aliphatic carbocycles. The van der Waals surface area contributed by atoms with E-state index in [4.69, 9.17) is 0 Å². The smallest absolute Gasteiger partial charge is 0.255 e. The number of hydrogen-bond donors (Lipinski definition) is 2. The van der Waals surface area contributed by atoms with Gasteiger partial charge < -0.3 is 10.4 Å². The van der Waals surface area contributed by atoms with E-state index in [-0.39, 0.29) is 16.7 Å². The number of phenols is 1. The molecule has 0 aliphatic heterocycles. The van der Waals surface area contributed by atoms with Crippen LogP contribution < -0.4 is 5.32 Å². The highest BCUT2D eigenvalue weighted by molar-refractivity contribution is 7.10. The first kappa shape index (κ1) is 14.5. The highest BCUT2D eigenvalue weighted by atomic mass is 32.1. The molecule has 1 aromatic heterocycles. The maximum absolute atomic E-state index is 12.9. The lowest BCUT2D eigenvalue weighted by molar-refractivity contribution is 0.0943. The molecule has 2 rings (SSSR count). The Labute approximate surface area is 121 Å². The summed E-state index contributed by atoms with van der Waals surface area (Å²) in [6.45, 7) is 4.50. The van der Waals surface area contributed by atoms with Crippen molar-refractivity contribution in [2.75, 3.05) is 6.54 Å². The van der Waals surface area contributed by atoms with Gasteiger partial charge in [-0.05, 0) is 23.6 Å². The quantitative estimate of drug-likeness (QED) is 0.908. The summed E-state index contributed by atoms with van der Waals surface area (Å²) in [5, 5.41) is 14.3. The number of aromatic hydroxyl groups is 1. The van der Waals surface area contributed by atoms with Gasteiger partial charge in [0.1, 0.15) is 11.6 Å². The van der Waals surface area contributed by atoms with Crippen molar-refractivity contribution in [2.24, 2.45) is 0 Å². The third-order valence-electron chi connectivity index (χ3n) is 3.08. The van der Waals surface area contributed by atoms with Crippen LogP contribution in [0.5, 0.6) is 5.75 Å². The number of phenolic OH excluding ortho intramolecular Hbond substituents is 1. The van der Waals surface area contributed by atoms with Crippen LogP contribution in [-0.4, -0.2) is 17.6 Å². The molecule has 1 heterocycles. The summed E-state index contributed by atoms with van der Waals surface area (Å²) in [4.78, 5) is 13.2. The van der Waals surface area contributed by atoms with Crippen molar-refractivity contribution in [3.63, 3.8) is 0 Å². The maximum Gasteiger partial charge on any atom is 0.255 e. The Hall–Kier alpha value is -1.88. The SMILES string of the molecule is CC(C)(CNC(=O)c1ccc(F)cc1O)c1cccs1. The van der Waals surface area contributed by atoms with Gasteiger partial charge in [-0.3, -0.25) is 4.79 Å². The Balaban J connectivity index is 2.05. The fourth-order valence-corrected chi connectivity index (χ4v) is 2.70. The van der Waals surface area contributed by atoms with Gasteiger partial charge in [0.25, 0.3) is 5.91 Å². The van der Waals surface area contributed by atoms with E-state index in [2.05, 4.69) is 5.32 Å². The molecule has 2 N–H and O–H groups in total. The zero-order valence-electron chi connectivity index (χ0n) is 11.3. The standard InChI is InChI=1S/C15H16FNO2S/c1-15(2,13-4-3-7-20-13)9-17-14(19)11-6-5-10(16)8-12(11)18/h3-8,18H,9H2,1-2H3,(H,17,19). The fourth-order valence-electron chi connectivity index (χ4n) is 1.84. The van der Waals surface area contributed by atoms with Crippen LogP contribution in [0.15, 0.2) is 35.7 Å². The van der Waals surface area contributed by atoms with Crippen LogP contribution in [0.4, 0.5) is 4.39 Å². The third-order valence-corrected chi connectivity index (χ3v) is 4.32. The number of carbonyl (C=O) groups excluding carboxylic acids is 1. The molecular formula is C15H16FNO2S. The lowest BCUT2D eigenvalue weighted by Gasteiger charge is -2.23. The van der Waals surface area contributed by atoms with Gasteiger partial charge in [0.05, 0.1) is 5.56 Å². The Morgan fingerprint density at radius 3 is 2.75 bits per heavy atom. The van der Waals surface area contributed by atoms with Crippen LogP contribution in [0.2, 0.25) is 0 Å². The van der Waals surface area contributed by atoms with Crippen molar-refractivity contribution in [3.05, 3.63) is 52.0 Å². The highest BCUT2D eigenvalue weighted by Crippen LogP contribution is 2.27. The summed E-state index contributed by atoms with van der Waals surface area (Å²) in [5.74, 6) is -1.33. The van der Waals surface area contributed by atoms with E-state index in [0.717, 1.165) is 12.1 Å². The van der Waals surface area contributed by atoms with Gasteiger partial charge in [-0.25, -0.2) is 4.39 Å². The third kappa shape index (κ3) is 3.17. The van der Waals surface area contributed by atoms with E-state index in [9.17, 15) is 14.3 Å². The molecule has 2 aromatic rings. The lowest BCUT2D eigenvalue weighted by Crippen LogP contribution is -2.36.